The minimum absolute atomic E-state index is 0.0771. The van der Waals surface area contributed by atoms with Crippen LogP contribution in [0.5, 0.6) is 5.75 Å². The van der Waals surface area contributed by atoms with Crippen molar-refractivity contribution in [2.45, 2.75) is 50.3 Å². The molecule has 4 aliphatic rings. The van der Waals surface area contributed by atoms with E-state index < -0.39 is 0 Å². The first kappa shape index (κ1) is 19.0. The predicted octanol–water partition coefficient (Wildman–Crippen LogP) is 4.17. The summed E-state index contributed by atoms with van der Waals surface area (Å²) in [5.74, 6) is 4.87. The van der Waals surface area contributed by atoms with E-state index in [2.05, 4.69) is 15.5 Å². The second-order valence-corrected chi connectivity index (χ2v) is 9.57. The highest BCUT2D eigenvalue weighted by atomic mass is 32.2. The van der Waals surface area contributed by atoms with Crippen LogP contribution in [0.15, 0.2) is 33.9 Å². The number of benzene rings is 1. The Hall–Kier alpha value is -2.02. The van der Waals surface area contributed by atoms with Gasteiger partial charge in [-0.25, -0.2) is 0 Å². The largest absolute Gasteiger partial charge is 0.494 e. The third kappa shape index (κ3) is 4.02. The lowest BCUT2D eigenvalue weighted by Gasteiger charge is -2.54. The zero-order chi connectivity index (χ0) is 19.8. The summed E-state index contributed by atoms with van der Waals surface area (Å²) < 4.78 is 11.2. The molecule has 0 saturated heterocycles. The Morgan fingerprint density at radius 3 is 2.45 bits per heavy atom. The van der Waals surface area contributed by atoms with E-state index in [1.807, 2.05) is 31.2 Å². The van der Waals surface area contributed by atoms with Gasteiger partial charge in [-0.3, -0.25) is 4.79 Å². The van der Waals surface area contributed by atoms with Crippen molar-refractivity contribution in [3.8, 4) is 17.2 Å². The van der Waals surface area contributed by atoms with E-state index in [9.17, 15) is 4.79 Å². The van der Waals surface area contributed by atoms with Crippen molar-refractivity contribution in [3.63, 3.8) is 0 Å². The first-order chi connectivity index (χ1) is 14.2. The smallest absolute Gasteiger partial charge is 0.277 e. The van der Waals surface area contributed by atoms with E-state index in [1.54, 1.807) is 0 Å². The van der Waals surface area contributed by atoms with Crippen molar-refractivity contribution < 1.29 is 13.9 Å². The molecule has 0 spiro atoms. The van der Waals surface area contributed by atoms with Gasteiger partial charge in [-0.1, -0.05) is 11.8 Å². The number of hydrogen-bond donors (Lipinski definition) is 1. The van der Waals surface area contributed by atoms with Crippen LogP contribution < -0.4 is 10.1 Å². The second-order valence-electron chi connectivity index (χ2n) is 8.64. The Balaban J connectivity index is 1.14. The average Bonchev–Trinajstić information content (AvgIpc) is 3.18. The van der Waals surface area contributed by atoms with E-state index in [0.717, 1.165) is 23.1 Å². The lowest BCUT2D eigenvalue weighted by molar-refractivity contribution is -0.122. The molecule has 1 aromatic carbocycles. The molecule has 29 heavy (non-hydrogen) atoms. The summed E-state index contributed by atoms with van der Waals surface area (Å²) in [4.78, 5) is 12.5. The van der Waals surface area contributed by atoms with Gasteiger partial charge < -0.3 is 14.5 Å². The molecule has 6 rings (SSSR count). The Kier molecular flexibility index (Phi) is 5.24. The summed E-state index contributed by atoms with van der Waals surface area (Å²) in [6.45, 7) is 2.58. The van der Waals surface area contributed by atoms with Crippen molar-refractivity contribution in [3.05, 3.63) is 24.3 Å². The van der Waals surface area contributed by atoms with E-state index >= 15 is 0 Å². The molecule has 4 saturated carbocycles. The number of rotatable bonds is 7. The van der Waals surface area contributed by atoms with Crippen LogP contribution in [-0.4, -0.2) is 34.5 Å². The van der Waals surface area contributed by atoms with E-state index in [0.29, 0.717) is 41.4 Å². The Bertz CT molecular complexity index is 838. The van der Waals surface area contributed by atoms with Crippen LogP contribution in [0.1, 0.15) is 39.0 Å². The van der Waals surface area contributed by atoms with Crippen LogP contribution in [0.25, 0.3) is 11.5 Å². The first-order valence-corrected chi connectivity index (χ1v) is 11.7. The van der Waals surface area contributed by atoms with Gasteiger partial charge in [0.1, 0.15) is 5.75 Å². The van der Waals surface area contributed by atoms with Crippen LogP contribution in [0.4, 0.5) is 0 Å². The number of thioether (sulfide) groups is 1. The molecule has 154 valence electrons. The molecule has 4 bridgehead atoms. The van der Waals surface area contributed by atoms with Gasteiger partial charge in [0.15, 0.2) is 0 Å². The van der Waals surface area contributed by atoms with E-state index in [-0.39, 0.29) is 5.91 Å². The highest BCUT2D eigenvalue weighted by Crippen LogP contribution is 2.53. The highest BCUT2D eigenvalue weighted by Gasteiger charge is 2.48. The van der Waals surface area contributed by atoms with Crippen molar-refractivity contribution in [1.82, 2.24) is 15.5 Å². The quantitative estimate of drug-likeness (QED) is 0.687. The van der Waals surface area contributed by atoms with E-state index in [1.165, 1.54) is 43.9 Å². The van der Waals surface area contributed by atoms with Gasteiger partial charge in [-0.05, 0) is 87.0 Å². The maximum Gasteiger partial charge on any atom is 0.277 e. The molecule has 0 unspecified atom stereocenters. The van der Waals surface area contributed by atoms with Crippen LogP contribution in [0.3, 0.4) is 0 Å². The summed E-state index contributed by atoms with van der Waals surface area (Å²) in [6.07, 6.45) is 6.65. The summed E-state index contributed by atoms with van der Waals surface area (Å²) in [6, 6.07) is 7.93. The van der Waals surface area contributed by atoms with Crippen LogP contribution in [0, 0.1) is 23.7 Å². The van der Waals surface area contributed by atoms with Crippen molar-refractivity contribution in [2.24, 2.45) is 23.7 Å². The lowest BCUT2D eigenvalue weighted by atomic mass is 9.54. The number of nitrogens with one attached hydrogen (secondary N) is 1. The fraction of sp³-hybridized carbons (Fsp3) is 0.591. The summed E-state index contributed by atoms with van der Waals surface area (Å²) in [5.41, 5.74) is 0.839. The average molecular weight is 414 g/mol. The first-order valence-electron chi connectivity index (χ1n) is 10.7. The van der Waals surface area contributed by atoms with Crippen LogP contribution in [0.2, 0.25) is 0 Å². The number of hydrogen-bond acceptors (Lipinski definition) is 6. The van der Waals surface area contributed by atoms with Gasteiger partial charge in [0.2, 0.25) is 11.8 Å². The monoisotopic (exact) mass is 413 g/mol. The summed E-state index contributed by atoms with van der Waals surface area (Å²) in [5, 5.41) is 11.9. The number of aromatic nitrogens is 2. The minimum atomic E-state index is 0.0771. The van der Waals surface area contributed by atoms with Gasteiger partial charge >= 0.3 is 0 Å². The highest BCUT2D eigenvalue weighted by molar-refractivity contribution is 7.99. The fourth-order valence-corrected chi connectivity index (χ4v) is 6.34. The third-order valence-corrected chi connectivity index (χ3v) is 7.52. The zero-order valence-electron chi connectivity index (χ0n) is 16.7. The van der Waals surface area contributed by atoms with Crippen molar-refractivity contribution in [2.75, 3.05) is 12.4 Å². The van der Waals surface area contributed by atoms with Gasteiger partial charge in [-0.15, -0.1) is 10.2 Å². The molecule has 0 aliphatic heterocycles. The number of ether oxygens (including phenoxy) is 1. The maximum absolute atomic E-state index is 12.5. The summed E-state index contributed by atoms with van der Waals surface area (Å²) in [7, 11) is 0. The molecule has 1 aromatic heterocycles. The predicted molar refractivity (Wildman–Crippen MR) is 111 cm³/mol. The number of carbonyl (C=O) groups is 1. The Labute approximate surface area is 175 Å². The topological polar surface area (TPSA) is 77.2 Å². The molecule has 1 amide bonds. The zero-order valence-corrected chi connectivity index (χ0v) is 17.5. The molecule has 2 aromatic rings. The standard InChI is InChI=1S/C22H27N3O3S/c1-2-27-18-5-3-15(4-6-18)21-24-25-22(28-21)29-12-19(26)23-20-16-8-13-7-14(10-16)11-17(20)9-13/h3-6,13-14,16-17,20H,2,7-12H2,1H3,(H,23,26). The van der Waals surface area contributed by atoms with Crippen molar-refractivity contribution >= 4 is 17.7 Å². The molecule has 7 heteroatoms. The molecule has 6 nitrogen and oxygen atoms in total. The molecule has 4 aliphatic carbocycles. The number of amides is 1. The van der Waals surface area contributed by atoms with Gasteiger partial charge in [0.05, 0.1) is 12.4 Å². The second kappa shape index (κ2) is 8.01. The van der Waals surface area contributed by atoms with Gasteiger partial charge in [0, 0.05) is 11.6 Å². The van der Waals surface area contributed by atoms with Gasteiger partial charge in [-0.2, -0.15) is 0 Å². The maximum atomic E-state index is 12.5. The lowest BCUT2D eigenvalue weighted by Crippen LogP contribution is -2.56. The molecule has 0 atom stereocenters. The molecule has 1 N–H and O–H groups in total. The summed E-state index contributed by atoms with van der Waals surface area (Å²) >= 11 is 1.30. The van der Waals surface area contributed by atoms with E-state index in [4.69, 9.17) is 9.15 Å². The SMILES string of the molecule is CCOc1ccc(-c2nnc(SCC(=O)NC3C4CC5CC(C4)CC3C5)o2)cc1. The Morgan fingerprint density at radius 1 is 1.10 bits per heavy atom. The van der Waals surface area contributed by atoms with Crippen LogP contribution in [-0.2, 0) is 4.79 Å². The van der Waals surface area contributed by atoms with Crippen molar-refractivity contribution in [1.29, 1.82) is 0 Å². The van der Waals surface area contributed by atoms with Gasteiger partial charge in [0.25, 0.3) is 5.22 Å². The normalized spacial score (nSPS) is 29.8. The molecular weight excluding hydrogens is 386 g/mol. The van der Waals surface area contributed by atoms with Crippen LogP contribution >= 0.6 is 11.8 Å². The molecule has 0 radical (unpaired) electrons. The molecule has 4 fully saturated rings. The molecular formula is C22H27N3O3S. The Morgan fingerprint density at radius 2 is 1.79 bits per heavy atom. The molecule has 1 heterocycles. The minimum Gasteiger partial charge on any atom is -0.494 e. The number of carbonyl (C=O) groups excluding carboxylic acids is 1. The third-order valence-electron chi connectivity index (χ3n) is 6.70. The fourth-order valence-electron chi connectivity index (χ4n) is 5.76. The number of nitrogens with zero attached hydrogens (tertiary/aromatic N) is 2.